The molecule has 1 fully saturated rings. The summed E-state index contributed by atoms with van der Waals surface area (Å²) < 4.78 is 24.5. The monoisotopic (exact) mass is 370 g/mol. The van der Waals surface area contributed by atoms with Crippen LogP contribution in [0.25, 0.3) is 11.0 Å². The van der Waals surface area contributed by atoms with Gasteiger partial charge in [0.15, 0.2) is 0 Å². The summed E-state index contributed by atoms with van der Waals surface area (Å²) in [6.45, 7) is 0.761. The second-order valence-corrected chi connectivity index (χ2v) is 8.21. The number of hydrogen-bond acceptors (Lipinski definition) is 4. The number of halogens is 1. The van der Waals surface area contributed by atoms with Gasteiger partial charge in [-0.15, -0.1) is 0 Å². The third kappa shape index (κ3) is 3.88. The molecule has 3 rings (SSSR count). The lowest BCUT2D eigenvalue weighted by atomic mass is 10.2. The van der Waals surface area contributed by atoms with E-state index in [4.69, 9.17) is 11.6 Å². The molecule has 0 radical (unpaired) electrons. The van der Waals surface area contributed by atoms with Crippen molar-refractivity contribution >= 4 is 38.6 Å². The van der Waals surface area contributed by atoms with Crippen molar-refractivity contribution in [2.45, 2.75) is 25.3 Å². The average Bonchev–Trinajstić information content (AvgIpc) is 3.11. The highest BCUT2D eigenvalue weighted by Gasteiger charge is 2.31. The second kappa shape index (κ2) is 6.70. The van der Waals surface area contributed by atoms with Crippen molar-refractivity contribution in [2.24, 2.45) is 0 Å². The van der Waals surface area contributed by atoms with Crippen LogP contribution in [0.5, 0.6) is 0 Å². The Labute approximate surface area is 145 Å². The molecule has 0 spiro atoms. The average molecular weight is 371 g/mol. The quantitative estimate of drug-likeness (QED) is 0.839. The summed E-state index contributed by atoms with van der Waals surface area (Å²) in [5.41, 5.74) is 1.66. The molecular weight excluding hydrogens is 352 g/mol. The van der Waals surface area contributed by atoms with Crippen molar-refractivity contribution in [2.75, 3.05) is 19.3 Å². The minimum atomic E-state index is -3.28. The van der Waals surface area contributed by atoms with E-state index in [1.165, 1.54) is 0 Å². The first-order valence-corrected chi connectivity index (χ1v) is 10.00. The van der Waals surface area contributed by atoms with Crippen LogP contribution in [-0.4, -0.2) is 48.5 Å². The van der Waals surface area contributed by atoms with Gasteiger partial charge in [-0.05, 0) is 31.0 Å². The van der Waals surface area contributed by atoms with Gasteiger partial charge in [-0.2, -0.15) is 0 Å². The van der Waals surface area contributed by atoms with Crippen LogP contribution in [-0.2, 0) is 14.8 Å². The number of sulfonamides is 1. The number of carbonyl (C=O) groups excluding carboxylic acids is 1. The maximum Gasteiger partial charge on any atom is 0.224 e. The van der Waals surface area contributed by atoms with Gasteiger partial charge < -0.3 is 9.88 Å². The summed E-state index contributed by atoms with van der Waals surface area (Å²) in [5.74, 6) is 0.668. The lowest BCUT2D eigenvalue weighted by Crippen LogP contribution is -2.34. The van der Waals surface area contributed by atoms with Crippen LogP contribution in [0.2, 0.25) is 5.02 Å². The number of H-pyrrole nitrogens is 1. The van der Waals surface area contributed by atoms with Gasteiger partial charge in [0.25, 0.3) is 0 Å². The zero-order valence-corrected chi connectivity index (χ0v) is 14.8. The number of aromatic nitrogens is 2. The summed E-state index contributed by atoms with van der Waals surface area (Å²) in [7, 11) is -3.28. The van der Waals surface area contributed by atoms with Crippen molar-refractivity contribution in [3.8, 4) is 0 Å². The molecule has 130 valence electrons. The maximum atomic E-state index is 12.4. The minimum Gasteiger partial charge on any atom is -0.340 e. The number of benzene rings is 1. The molecular formula is C15H19ClN4O3S. The standard InChI is InChI=1S/C15H19ClN4O3S/c1-24(22,23)17-7-6-14(21)20-8-2-3-13(20)15-18-11-5-4-10(16)9-12(11)19-15/h4-5,9,13,17H,2-3,6-8H2,1H3,(H,18,19)/t13-/m1/s1. The van der Waals surface area contributed by atoms with Crippen molar-refractivity contribution in [3.05, 3.63) is 29.0 Å². The van der Waals surface area contributed by atoms with Crippen molar-refractivity contribution in [1.82, 2.24) is 19.6 Å². The minimum absolute atomic E-state index is 0.0767. The number of imidazole rings is 1. The molecule has 2 N–H and O–H groups in total. The molecule has 2 heterocycles. The number of likely N-dealkylation sites (tertiary alicyclic amines) is 1. The maximum absolute atomic E-state index is 12.4. The fourth-order valence-corrected chi connectivity index (χ4v) is 3.64. The van der Waals surface area contributed by atoms with Gasteiger partial charge in [0.1, 0.15) is 5.82 Å². The van der Waals surface area contributed by atoms with Crippen LogP contribution in [0.15, 0.2) is 18.2 Å². The summed E-state index contributed by atoms with van der Waals surface area (Å²) in [6, 6.07) is 5.32. The van der Waals surface area contributed by atoms with E-state index in [1.54, 1.807) is 11.0 Å². The van der Waals surface area contributed by atoms with Crippen molar-refractivity contribution in [3.63, 3.8) is 0 Å². The number of amides is 1. The molecule has 0 aliphatic carbocycles. The topological polar surface area (TPSA) is 95.2 Å². The fourth-order valence-electron chi connectivity index (χ4n) is 3.00. The lowest BCUT2D eigenvalue weighted by molar-refractivity contribution is -0.132. The van der Waals surface area contributed by atoms with Crippen LogP contribution >= 0.6 is 11.6 Å². The zero-order valence-electron chi connectivity index (χ0n) is 13.3. The first kappa shape index (κ1) is 17.2. The molecule has 9 heteroatoms. The Morgan fingerprint density at radius 1 is 1.50 bits per heavy atom. The molecule has 1 aliphatic rings. The molecule has 0 unspecified atom stereocenters. The Morgan fingerprint density at radius 3 is 3.04 bits per heavy atom. The van der Waals surface area contributed by atoms with Gasteiger partial charge in [-0.25, -0.2) is 18.1 Å². The highest BCUT2D eigenvalue weighted by atomic mass is 35.5. The smallest absolute Gasteiger partial charge is 0.224 e. The van der Waals surface area contributed by atoms with Gasteiger partial charge in [-0.1, -0.05) is 11.6 Å². The normalized spacial score (nSPS) is 18.4. The van der Waals surface area contributed by atoms with Gasteiger partial charge >= 0.3 is 0 Å². The number of rotatable bonds is 5. The molecule has 7 nitrogen and oxygen atoms in total. The van der Waals surface area contributed by atoms with Crippen molar-refractivity contribution in [1.29, 1.82) is 0 Å². The predicted molar refractivity (Wildman–Crippen MR) is 92.3 cm³/mol. The van der Waals surface area contributed by atoms with Gasteiger partial charge in [-0.3, -0.25) is 4.79 Å². The van der Waals surface area contributed by atoms with E-state index in [9.17, 15) is 13.2 Å². The molecule has 1 atom stereocenters. The summed E-state index contributed by atoms with van der Waals surface area (Å²) in [4.78, 5) is 22.0. The summed E-state index contributed by atoms with van der Waals surface area (Å²) in [5, 5.41) is 0.629. The Balaban J connectivity index is 1.73. The molecule has 1 amide bonds. The number of aromatic amines is 1. The first-order valence-electron chi connectivity index (χ1n) is 7.73. The number of nitrogens with one attached hydrogen (secondary N) is 2. The number of hydrogen-bond donors (Lipinski definition) is 2. The highest BCUT2D eigenvalue weighted by Crippen LogP contribution is 2.32. The molecule has 0 bridgehead atoms. The molecule has 1 aromatic heterocycles. The van der Waals surface area contributed by atoms with E-state index in [2.05, 4.69) is 14.7 Å². The van der Waals surface area contributed by atoms with E-state index >= 15 is 0 Å². The van der Waals surface area contributed by atoms with E-state index in [-0.39, 0.29) is 24.9 Å². The lowest BCUT2D eigenvalue weighted by Gasteiger charge is -2.23. The number of fused-ring (bicyclic) bond motifs is 1. The zero-order chi connectivity index (χ0) is 17.3. The third-order valence-electron chi connectivity index (χ3n) is 4.05. The molecule has 1 saturated heterocycles. The molecule has 1 aromatic carbocycles. The van der Waals surface area contributed by atoms with E-state index in [0.29, 0.717) is 11.6 Å². The van der Waals surface area contributed by atoms with Gasteiger partial charge in [0, 0.05) is 24.5 Å². The van der Waals surface area contributed by atoms with Crippen molar-refractivity contribution < 1.29 is 13.2 Å². The largest absolute Gasteiger partial charge is 0.340 e. The Bertz CT molecular complexity index is 865. The SMILES string of the molecule is CS(=O)(=O)NCCC(=O)N1CCC[C@@H]1c1nc2ccc(Cl)cc2[nH]1. The van der Waals surface area contributed by atoms with E-state index in [0.717, 1.165) is 36.0 Å². The Hall–Kier alpha value is -1.64. The Morgan fingerprint density at radius 2 is 2.29 bits per heavy atom. The van der Waals surface area contributed by atoms with Gasteiger partial charge in [0.2, 0.25) is 15.9 Å². The third-order valence-corrected chi connectivity index (χ3v) is 5.02. The number of nitrogens with zero attached hydrogens (tertiary/aromatic N) is 2. The van der Waals surface area contributed by atoms with E-state index in [1.807, 2.05) is 12.1 Å². The summed E-state index contributed by atoms with van der Waals surface area (Å²) >= 11 is 5.99. The number of carbonyl (C=O) groups is 1. The van der Waals surface area contributed by atoms with Crippen LogP contribution < -0.4 is 4.72 Å². The highest BCUT2D eigenvalue weighted by molar-refractivity contribution is 7.88. The van der Waals surface area contributed by atoms with Crippen LogP contribution in [0.1, 0.15) is 31.1 Å². The Kier molecular flexibility index (Phi) is 4.80. The van der Waals surface area contributed by atoms with Gasteiger partial charge in [0.05, 0.1) is 23.3 Å². The van der Waals surface area contributed by atoms with Crippen LogP contribution in [0, 0.1) is 0 Å². The van der Waals surface area contributed by atoms with Crippen LogP contribution in [0.4, 0.5) is 0 Å². The second-order valence-electron chi connectivity index (χ2n) is 5.95. The molecule has 0 saturated carbocycles. The predicted octanol–water partition coefficient (Wildman–Crippen LogP) is 1.82. The molecule has 24 heavy (non-hydrogen) atoms. The van der Waals surface area contributed by atoms with E-state index < -0.39 is 10.0 Å². The molecule has 2 aromatic rings. The fraction of sp³-hybridized carbons (Fsp3) is 0.467. The molecule has 1 aliphatic heterocycles. The summed E-state index contributed by atoms with van der Waals surface area (Å²) in [6.07, 6.45) is 2.94. The first-order chi connectivity index (χ1) is 11.3. The van der Waals surface area contributed by atoms with Crippen LogP contribution in [0.3, 0.4) is 0 Å².